The van der Waals surface area contributed by atoms with Crippen LogP contribution in [0.25, 0.3) is 0 Å². The van der Waals surface area contributed by atoms with Gasteiger partial charge in [0.05, 0.1) is 0 Å². The van der Waals surface area contributed by atoms with Gasteiger partial charge < -0.3 is 15.7 Å². The lowest BCUT2D eigenvalue weighted by Gasteiger charge is -2.18. The maximum atomic E-state index is 11.3. The Kier molecular flexibility index (Phi) is 4.77. The Morgan fingerprint density at radius 1 is 1.13 bits per heavy atom. The third-order valence-corrected chi connectivity index (χ3v) is 1.89. The fourth-order valence-corrected chi connectivity index (χ4v) is 0.733. The maximum absolute atomic E-state index is 11.3. The van der Waals surface area contributed by atoms with Gasteiger partial charge in [0.25, 0.3) is 0 Å². The largest absolute Gasteiger partial charge is 0.480 e. The van der Waals surface area contributed by atoms with Crippen LogP contribution in [-0.4, -0.2) is 36.0 Å². The van der Waals surface area contributed by atoms with Crippen LogP contribution >= 0.6 is 0 Å². The Labute approximate surface area is 88.0 Å². The van der Waals surface area contributed by atoms with Gasteiger partial charge in [-0.15, -0.1) is 0 Å². The molecule has 0 spiro atoms. The van der Waals surface area contributed by atoms with Crippen LogP contribution < -0.4 is 10.6 Å². The van der Waals surface area contributed by atoms with Crippen molar-refractivity contribution in [2.24, 2.45) is 5.41 Å². The second-order valence-corrected chi connectivity index (χ2v) is 3.67. The Bertz CT molecular complexity index is 273. The topological polar surface area (TPSA) is 95.5 Å². The minimum atomic E-state index is -1.45. The molecule has 0 aromatic heterocycles. The molecule has 0 rings (SSSR count). The van der Waals surface area contributed by atoms with E-state index in [-0.39, 0.29) is 19.0 Å². The highest BCUT2D eigenvalue weighted by Crippen LogP contribution is 2.14. The van der Waals surface area contributed by atoms with Crippen molar-refractivity contribution < 1.29 is 19.5 Å². The number of nitrogens with one attached hydrogen (secondary N) is 2. The molecule has 0 aromatic carbocycles. The van der Waals surface area contributed by atoms with Crippen LogP contribution in [0.3, 0.4) is 0 Å². The Balaban J connectivity index is 3.94. The van der Waals surface area contributed by atoms with Crippen molar-refractivity contribution in [2.75, 3.05) is 13.1 Å². The highest BCUT2D eigenvalue weighted by Gasteiger charge is 2.35. The van der Waals surface area contributed by atoms with Gasteiger partial charge in [-0.1, -0.05) is 0 Å². The SMILES string of the molecule is CC(=O)NCCNC(=O)C(C)(C)C(=O)O. The van der Waals surface area contributed by atoms with Gasteiger partial charge >= 0.3 is 5.97 Å². The first-order chi connectivity index (χ1) is 6.78. The van der Waals surface area contributed by atoms with E-state index < -0.39 is 17.3 Å². The molecule has 0 aliphatic heterocycles. The average Bonchev–Trinajstić information content (AvgIpc) is 2.11. The summed E-state index contributed by atoms with van der Waals surface area (Å²) in [7, 11) is 0. The van der Waals surface area contributed by atoms with E-state index in [2.05, 4.69) is 10.6 Å². The van der Waals surface area contributed by atoms with E-state index in [4.69, 9.17) is 5.11 Å². The van der Waals surface area contributed by atoms with Crippen molar-refractivity contribution in [2.45, 2.75) is 20.8 Å². The summed E-state index contributed by atoms with van der Waals surface area (Å²) >= 11 is 0. The van der Waals surface area contributed by atoms with Gasteiger partial charge in [0.15, 0.2) is 0 Å². The first-order valence-electron chi connectivity index (χ1n) is 4.54. The molecular weight excluding hydrogens is 200 g/mol. The third-order valence-electron chi connectivity index (χ3n) is 1.89. The lowest BCUT2D eigenvalue weighted by atomic mass is 9.93. The summed E-state index contributed by atoms with van der Waals surface area (Å²) in [6.07, 6.45) is 0. The number of hydrogen-bond donors (Lipinski definition) is 3. The van der Waals surface area contributed by atoms with Crippen LogP contribution in [0.4, 0.5) is 0 Å². The summed E-state index contributed by atoms with van der Waals surface area (Å²) < 4.78 is 0. The summed E-state index contributed by atoms with van der Waals surface area (Å²) in [5, 5.41) is 13.6. The Morgan fingerprint density at radius 3 is 2.00 bits per heavy atom. The normalized spacial score (nSPS) is 10.6. The van der Waals surface area contributed by atoms with Gasteiger partial charge in [-0.2, -0.15) is 0 Å². The first-order valence-corrected chi connectivity index (χ1v) is 4.54. The predicted octanol–water partition coefficient (Wildman–Crippen LogP) is -0.650. The van der Waals surface area contributed by atoms with E-state index in [1.807, 2.05) is 0 Å². The molecule has 0 saturated heterocycles. The number of carboxylic acid groups (broad SMARTS) is 1. The summed E-state index contributed by atoms with van der Waals surface area (Å²) in [6, 6.07) is 0. The lowest BCUT2D eigenvalue weighted by Crippen LogP contribution is -2.44. The molecule has 3 N–H and O–H groups in total. The molecule has 0 saturated carbocycles. The number of carbonyl (C=O) groups is 3. The molecule has 0 aliphatic rings. The van der Waals surface area contributed by atoms with Gasteiger partial charge in [0.2, 0.25) is 11.8 Å². The van der Waals surface area contributed by atoms with Crippen molar-refractivity contribution in [3.8, 4) is 0 Å². The number of rotatable bonds is 5. The molecule has 6 nitrogen and oxygen atoms in total. The van der Waals surface area contributed by atoms with Crippen molar-refractivity contribution in [1.29, 1.82) is 0 Å². The van der Waals surface area contributed by atoms with Gasteiger partial charge in [-0.3, -0.25) is 14.4 Å². The van der Waals surface area contributed by atoms with E-state index in [1.165, 1.54) is 20.8 Å². The van der Waals surface area contributed by atoms with Crippen molar-refractivity contribution in [1.82, 2.24) is 10.6 Å². The number of hydrogen-bond acceptors (Lipinski definition) is 3. The predicted molar refractivity (Wildman–Crippen MR) is 53.1 cm³/mol. The molecule has 0 unspecified atom stereocenters. The smallest absolute Gasteiger partial charge is 0.318 e. The molecule has 0 radical (unpaired) electrons. The molecule has 0 atom stereocenters. The lowest BCUT2D eigenvalue weighted by molar-refractivity contribution is -0.153. The summed E-state index contributed by atoms with van der Waals surface area (Å²) in [6.45, 7) is 4.51. The molecule has 0 bridgehead atoms. The number of carboxylic acids is 1. The first kappa shape index (κ1) is 13.4. The Hall–Kier alpha value is -1.59. The fraction of sp³-hybridized carbons (Fsp3) is 0.667. The fourth-order valence-electron chi connectivity index (χ4n) is 0.733. The van der Waals surface area contributed by atoms with E-state index in [1.54, 1.807) is 0 Å². The summed E-state index contributed by atoms with van der Waals surface area (Å²) in [5.74, 6) is -1.94. The zero-order valence-electron chi connectivity index (χ0n) is 9.09. The molecule has 0 aliphatic carbocycles. The monoisotopic (exact) mass is 216 g/mol. The van der Waals surface area contributed by atoms with Gasteiger partial charge in [0, 0.05) is 20.0 Å². The van der Waals surface area contributed by atoms with E-state index in [0.717, 1.165) is 0 Å². The molecule has 86 valence electrons. The van der Waals surface area contributed by atoms with Crippen molar-refractivity contribution >= 4 is 17.8 Å². The van der Waals surface area contributed by atoms with Crippen LogP contribution in [0.5, 0.6) is 0 Å². The molecule has 0 aromatic rings. The number of carbonyl (C=O) groups excluding carboxylic acids is 2. The van der Waals surface area contributed by atoms with E-state index in [9.17, 15) is 14.4 Å². The number of aliphatic carboxylic acids is 1. The van der Waals surface area contributed by atoms with E-state index in [0.29, 0.717) is 0 Å². The molecular formula is C9H16N2O4. The standard InChI is InChI=1S/C9H16N2O4/c1-6(12)10-4-5-11-7(13)9(2,3)8(14)15/h4-5H2,1-3H3,(H,10,12)(H,11,13)(H,14,15). The van der Waals surface area contributed by atoms with Crippen LogP contribution in [0.15, 0.2) is 0 Å². The van der Waals surface area contributed by atoms with Crippen LogP contribution in [0.1, 0.15) is 20.8 Å². The summed E-state index contributed by atoms with van der Waals surface area (Å²) in [5.41, 5.74) is -1.45. The average molecular weight is 216 g/mol. The second-order valence-electron chi connectivity index (χ2n) is 3.67. The summed E-state index contributed by atoms with van der Waals surface area (Å²) in [4.78, 5) is 32.5. The zero-order valence-corrected chi connectivity index (χ0v) is 9.09. The molecule has 0 heterocycles. The van der Waals surface area contributed by atoms with Crippen molar-refractivity contribution in [3.05, 3.63) is 0 Å². The third kappa shape index (κ3) is 4.44. The highest BCUT2D eigenvalue weighted by molar-refractivity contribution is 6.00. The van der Waals surface area contributed by atoms with E-state index >= 15 is 0 Å². The quantitative estimate of drug-likeness (QED) is 0.420. The maximum Gasteiger partial charge on any atom is 0.318 e. The van der Waals surface area contributed by atoms with Gasteiger partial charge in [-0.25, -0.2) is 0 Å². The van der Waals surface area contributed by atoms with Crippen LogP contribution in [0.2, 0.25) is 0 Å². The van der Waals surface area contributed by atoms with Gasteiger partial charge in [-0.05, 0) is 13.8 Å². The molecule has 6 heteroatoms. The minimum absolute atomic E-state index is 0.193. The minimum Gasteiger partial charge on any atom is -0.480 e. The highest BCUT2D eigenvalue weighted by atomic mass is 16.4. The molecule has 0 fully saturated rings. The van der Waals surface area contributed by atoms with Crippen LogP contribution in [-0.2, 0) is 14.4 Å². The molecule has 15 heavy (non-hydrogen) atoms. The number of amides is 2. The zero-order chi connectivity index (χ0) is 12.1. The van der Waals surface area contributed by atoms with Gasteiger partial charge in [0.1, 0.15) is 5.41 Å². The van der Waals surface area contributed by atoms with Crippen molar-refractivity contribution in [3.63, 3.8) is 0 Å². The molecule has 2 amide bonds. The Morgan fingerprint density at radius 2 is 1.60 bits per heavy atom. The van der Waals surface area contributed by atoms with Crippen LogP contribution in [0, 0.1) is 5.41 Å². The second kappa shape index (κ2) is 5.33.